The van der Waals surface area contributed by atoms with E-state index in [9.17, 15) is 14.0 Å². The van der Waals surface area contributed by atoms with Gasteiger partial charge in [-0.25, -0.2) is 18.7 Å². The van der Waals surface area contributed by atoms with Crippen molar-refractivity contribution < 1.29 is 9.18 Å². The Balaban J connectivity index is 1.76. The second-order valence-electron chi connectivity index (χ2n) is 9.34. The number of fused-ring (bicyclic) bond motifs is 1. The fraction of sp³-hybridized carbons (Fsp3) is 0.286. The van der Waals surface area contributed by atoms with E-state index in [1.165, 1.54) is 16.7 Å². The smallest absolute Gasteiger partial charge is 0.350 e. The van der Waals surface area contributed by atoms with E-state index in [1.54, 1.807) is 41.4 Å². The van der Waals surface area contributed by atoms with Gasteiger partial charge in [-0.15, -0.1) is 0 Å². The van der Waals surface area contributed by atoms with Crippen LogP contribution in [0.3, 0.4) is 0 Å². The van der Waals surface area contributed by atoms with Crippen LogP contribution < -0.4 is 10.6 Å². The molecule has 1 amide bonds. The molecule has 1 saturated heterocycles. The van der Waals surface area contributed by atoms with Gasteiger partial charge in [0, 0.05) is 50.2 Å². The van der Waals surface area contributed by atoms with Crippen LogP contribution in [0.5, 0.6) is 0 Å². The Kier molecular flexibility index (Phi) is 7.03. The molecule has 196 valence electrons. The molecule has 0 bridgehead atoms. The van der Waals surface area contributed by atoms with Gasteiger partial charge in [-0.1, -0.05) is 43.3 Å². The highest BCUT2D eigenvalue weighted by atomic mass is 35.5. The predicted molar refractivity (Wildman–Crippen MR) is 147 cm³/mol. The van der Waals surface area contributed by atoms with Crippen molar-refractivity contribution in [2.45, 2.75) is 32.9 Å². The molecule has 2 aromatic heterocycles. The van der Waals surface area contributed by atoms with E-state index in [-0.39, 0.29) is 11.9 Å². The Bertz CT molecular complexity index is 1600. The molecule has 0 spiro atoms. The number of carbonyl (C=O) groups excluding carboxylic acids is 1. The molecule has 0 saturated carbocycles. The molecule has 1 atom stereocenters. The summed E-state index contributed by atoms with van der Waals surface area (Å²) in [6, 6.07) is 9.76. The molecule has 1 aliphatic heterocycles. The van der Waals surface area contributed by atoms with Gasteiger partial charge < -0.3 is 14.4 Å². The fourth-order valence-corrected chi connectivity index (χ4v) is 5.36. The van der Waals surface area contributed by atoms with Gasteiger partial charge in [0.15, 0.2) is 0 Å². The molecule has 0 aliphatic carbocycles. The number of piperazine rings is 1. The fourth-order valence-electron chi connectivity index (χ4n) is 5.07. The number of carbonyl (C=O) groups is 1. The second-order valence-corrected chi connectivity index (χ2v) is 9.74. The lowest BCUT2D eigenvalue weighted by molar-refractivity contribution is -0.126. The monoisotopic (exact) mass is 534 g/mol. The maximum absolute atomic E-state index is 14.8. The highest BCUT2D eigenvalue weighted by Gasteiger charge is 2.30. The van der Waals surface area contributed by atoms with Crippen molar-refractivity contribution in [3.8, 4) is 17.1 Å². The molecular formula is C28H28ClFN6O2. The Morgan fingerprint density at radius 1 is 1.26 bits per heavy atom. The molecule has 0 unspecified atom stereocenters. The topological polar surface area (TPSA) is 76.3 Å². The van der Waals surface area contributed by atoms with Crippen molar-refractivity contribution in [1.82, 2.24) is 24.0 Å². The molecule has 5 rings (SSSR count). The van der Waals surface area contributed by atoms with E-state index in [4.69, 9.17) is 11.6 Å². The van der Waals surface area contributed by atoms with Crippen LogP contribution >= 0.6 is 11.6 Å². The Labute approximate surface area is 224 Å². The lowest BCUT2D eigenvalue weighted by Crippen LogP contribution is -2.54. The largest absolute Gasteiger partial charge is 0.357 e. The highest BCUT2D eigenvalue weighted by molar-refractivity contribution is 6.36. The minimum absolute atomic E-state index is 0.136. The number of hydrogen-bond donors (Lipinski definition) is 0. The van der Waals surface area contributed by atoms with Gasteiger partial charge in [-0.05, 0) is 43.2 Å². The zero-order chi connectivity index (χ0) is 27.0. The van der Waals surface area contributed by atoms with Crippen LogP contribution in [0.1, 0.15) is 20.3 Å². The molecular weight excluding hydrogens is 507 g/mol. The van der Waals surface area contributed by atoms with Gasteiger partial charge in [-0.2, -0.15) is 4.98 Å². The van der Waals surface area contributed by atoms with Crippen LogP contribution in [0.2, 0.25) is 5.02 Å². The highest BCUT2D eigenvalue weighted by Crippen LogP contribution is 2.37. The van der Waals surface area contributed by atoms with Gasteiger partial charge in [0.25, 0.3) is 0 Å². The Morgan fingerprint density at radius 2 is 2.05 bits per heavy atom. The average Bonchev–Trinajstić information content (AvgIpc) is 3.35. The van der Waals surface area contributed by atoms with Crippen molar-refractivity contribution in [2.24, 2.45) is 0 Å². The predicted octanol–water partition coefficient (Wildman–Crippen LogP) is 4.67. The number of anilines is 1. The molecule has 1 aliphatic rings. The zero-order valence-corrected chi connectivity index (χ0v) is 22.0. The number of benzene rings is 2. The zero-order valence-electron chi connectivity index (χ0n) is 21.3. The van der Waals surface area contributed by atoms with Crippen LogP contribution in [0.4, 0.5) is 10.2 Å². The number of rotatable bonds is 6. The molecule has 4 aromatic rings. The number of imidazole rings is 1. The van der Waals surface area contributed by atoms with Gasteiger partial charge in [0.2, 0.25) is 11.9 Å². The van der Waals surface area contributed by atoms with E-state index < -0.39 is 11.5 Å². The summed E-state index contributed by atoms with van der Waals surface area (Å²) in [5.74, 6) is 0.311. The van der Waals surface area contributed by atoms with Crippen molar-refractivity contribution in [3.05, 3.63) is 82.8 Å². The summed E-state index contributed by atoms with van der Waals surface area (Å²) in [6.45, 7) is 9.61. The maximum atomic E-state index is 14.8. The number of aromatic nitrogens is 4. The number of halogens is 2. The average molecular weight is 535 g/mol. The third-order valence-electron chi connectivity index (χ3n) is 6.86. The third-order valence-corrected chi connectivity index (χ3v) is 7.15. The molecule has 38 heavy (non-hydrogen) atoms. The number of hydrogen-bond acceptors (Lipinski definition) is 5. The first-order chi connectivity index (χ1) is 18.3. The number of nitrogens with zero attached hydrogens (tertiary/aromatic N) is 6. The van der Waals surface area contributed by atoms with Gasteiger partial charge in [-0.3, -0.25) is 4.79 Å². The van der Waals surface area contributed by atoms with Gasteiger partial charge in [0.1, 0.15) is 11.6 Å². The minimum Gasteiger partial charge on any atom is -0.350 e. The molecule has 0 N–H and O–H groups in total. The molecule has 3 heterocycles. The molecule has 2 aromatic carbocycles. The first-order valence-electron chi connectivity index (χ1n) is 12.5. The van der Waals surface area contributed by atoms with E-state index in [0.717, 1.165) is 6.42 Å². The molecule has 10 heteroatoms. The second kappa shape index (κ2) is 10.4. The van der Waals surface area contributed by atoms with E-state index in [1.807, 2.05) is 29.5 Å². The van der Waals surface area contributed by atoms with Crippen LogP contribution in [-0.2, 0) is 11.3 Å². The van der Waals surface area contributed by atoms with Crippen LogP contribution in [0, 0.1) is 5.82 Å². The summed E-state index contributed by atoms with van der Waals surface area (Å²) < 4.78 is 18.1. The lowest BCUT2D eigenvalue weighted by atomic mass is 10.0. The van der Waals surface area contributed by atoms with Crippen molar-refractivity contribution in [3.63, 3.8) is 0 Å². The minimum atomic E-state index is -0.519. The summed E-state index contributed by atoms with van der Waals surface area (Å²) in [5.41, 5.74) is 0.866. The molecule has 8 nitrogen and oxygen atoms in total. The molecule has 0 radical (unpaired) electrons. The van der Waals surface area contributed by atoms with Gasteiger partial charge >= 0.3 is 5.69 Å². The Hall–Kier alpha value is -3.98. The van der Waals surface area contributed by atoms with Crippen molar-refractivity contribution in [1.29, 1.82) is 0 Å². The third kappa shape index (κ3) is 4.47. The standard InChI is InChI=1S/C28H28ClFN6O2/c1-4-11-33-12-10-31-27(33)36-23-16-19(20-8-6-7-9-22(20)30)15-21(29)25(23)26(32-28(36)38)35-14-13-34(17-18(35)3)24(37)5-2/h5-10,12,15-16,18H,2,4,11,13-14,17H2,1,3H3/t18-/m0/s1. The summed E-state index contributed by atoms with van der Waals surface area (Å²) >= 11 is 6.92. The summed E-state index contributed by atoms with van der Waals surface area (Å²) in [7, 11) is 0. The first kappa shape index (κ1) is 25.7. The number of aryl methyl sites for hydroxylation is 1. The van der Waals surface area contributed by atoms with Crippen molar-refractivity contribution >= 4 is 34.2 Å². The van der Waals surface area contributed by atoms with E-state index in [0.29, 0.717) is 65.0 Å². The van der Waals surface area contributed by atoms with Crippen LogP contribution in [-0.4, -0.2) is 55.6 Å². The summed E-state index contributed by atoms with van der Waals surface area (Å²) in [4.78, 5) is 38.6. The van der Waals surface area contributed by atoms with E-state index >= 15 is 0 Å². The summed E-state index contributed by atoms with van der Waals surface area (Å²) in [5, 5.41) is 0.898. The number of amides is 1. The van der Waals surface area contributed by atoms with Crippen LogP contribution in [0.15, 0.2) is 66.2 Å². The van der Waals surface area contributed by atoms with Crippen molar-refractivity contribution in [2.75, 3.05) is 24.5 Å². The SMILES string of the molecule is C=CC(=O)N1CCN(c2nc(=O)n(-c3nccn3CCC)c3cc(-c4ccccc4F)cc(Cl)c23)[C@@H](C)C1. The maximum Gasteiger partial charge on any atom is 0.357 e. The summed E-state index contributed by atoms with van der Waals surface area (Å²) in [6.07, 6.45) is 5.59. The molecule has 1 fully saturated rings. The quantitative estimate of drug-likeness (QED) is 0.336. The Morgan fingerprint density at radius 3 is 2.76 bits per heavy atom. The van der Waals surface area contributed by atoms with Crippen LogP contribution in [0.25, 0.3) is 28.0 Å². The lowest BCUT2D eigenvalue weighted by Gasteiger charge is -2.40. The van der Waals surface area contributed by atoms with E-state index in [2.05, 4.69) is 16.5 Å². The normalized spacial score (nSPS) is 15.7. The van der Waals surface area contributed by atoms with Gasteiger partial charge in [0.05, 0.1) is 15.9 Å². The first-order valence-corrected chi connectivity index (χ1v) is 12.9.